The summed E-state index contributed by atoms with van der Waals surface area (Å²) in [5.74, 6) is 1.66. The molecule has 1 aliphatic heterocycles. The van der Waals surface area contributed by atoms with E-state index in [2.05, 4.69) is 33.0 Å². The molecule has 1 fully saturated rings. The van der Waals surface area contributed by atoms with Crippen LogP contribution in [0.4, 0.5) is 0 Å². The molecular weight excluding hydrogens is 110 g/mol. The highest BCUT2D eigenvalue weighted by molar-refractivity contribution is 4.93. The summed E-state index contributed by atoms with van der Waals surface area (Å²) in [4.78, 5) is 0. The van der Waals surface area contributed by atoms with E-state index in [0.29, 0.717) is 5.54 Å². The Morgan fingerprint density at radius 2 is 1.89 bits per heavy atom. The van der Waals surface area contributed by atoms with Gasteiger partial charge < -0.3 is 5.32 Å². The minimum Gasteiger partial charge on any atom is -0.311 e. The second-order valence-corrected chi connectivity index (χ2v) is 3.87. The van der Waals surface area contributed by atoms with Crippen molar-refractivity contribution in [2.75, 3.05) is 6.54 Å². The molecule has 1 rings (SSSR count). The molecule has 0 aromatic carbocycles. The van der Waals surface area contributed by atoms with Crippen molar-refractivity contribution in [3.05, 3.63) is 0 Å². The summed E-state index contributed by atoms with van der Waals surface area (Å²) in [6.07, 6.45) is 0. The fourth-order valence-electron chi connectivity index (χ4n) is 1.47. The van der Waals surface area contributed by atoms with Gasteiger partial charge in [-0.05, 0) is 32.2 Å². The van der Waals surface area contributed by atoms with Crippen molar-refractivity contribution in [2.24, 2.45) is 11.8 Å². The van der Waals surface area contributed by atoms with Gasteiger partial charge in [-0.1, -0.05) is 13.8 Å². The van der Waals surface area contributed by atoms with Crippen molar-refractivity contribution in [1.82, 2.24) is 5.32 Å². The van der Waals surface area contributed by atoms with Crippen molar-refractivity contribution in [3.8, 4) is 0 Å². The van der Waals surface area contributed by atoms with E-state index in [1.807, 2.05) is 0 Å². The van der Waals surface area contributed by atoms with Crippen LogP contribution in [-0.4, -0.2) is 12.1 Å². The van der Waals surface area contributed by atoms with Gasteiger partial charge >= 0.3 is 0 Å². The molecule has 1 saturated heterocycles. The Kier molecular flexibility index (Phi) is 1.55. The number of rotatable bonds is 0. The van der Waals surface area contributed by atoms with Gasteiger partial charge in [0.05, 0.1) is 0 Å². The third kappa shape index (κ3) is 1.11. The smallest absolute Gasteiger partial charge is 0.0153 e. The lowest BCUT2D eigenvalue weighted by Gasteiger charge is -2.25. The molecule has 54 valence electrons. The normalized spacial score (nSPS) is 41.3. The number of nitrogens with one attached hydrogen (secondary N) is 1. The molecule has 0 bridgehead atoms. The van der Waals surface area contributed by atoms with Gasteiger partial charge in [0, 0.05) is 5.54 Å². The molecule has 1 N–H and O–H groups in total. The molecule has 2 atom stereocenters. The van der Waals surface area contributed by atoms with Gasteiger partial charge in [0.15, 0.2) is 0 Å². The SMILES string of the molecule is CC1CNC(C)(C)C1C. The largest absolute Gasteiger partial charge is 0.311 e. The summed E-state index contributed by atoms with van der Waals surface area (Å²) >= 11 is 0. The van der Waals surface area contributed by atoms with Crippen molar-refractivity contribution in [3.63, 3.8) is 0 Å². The standard InChI is InChI=1S/C8H17N/c1-6-5-9-8(3,4)7(6)2/h6-7,9H,5H2,1-4H3. The minimum atomic E-state index is 0.374. The Balaban J connectivity index is 2.62. The van der Waals surface area contributed by atoms with E-state index in [1.54, 1.807) is 0 Å². The van der Waals surface area contributed by atoms with E-state index in [0.717, 1.165) is 11.8 Å². The molecule has 1 heterocycles. The molecule has 1 heteroatoms. The third-order valence-corrected chi connectivity index (χ3v) is 2.87. The maximum atomic E-state index is 3.50. The average Bonchev–Trinajstić information content (AvgIpc) is 1.97. The highest BCUT2D eigenvalue weighted by atomic mass is 15.0. The summed E-state index contributed by atoms with van der Waals surface area (Å²) in [6.45, 7) is 10.4. The molecule has 0 amide bonds. The average molecular weight is 127 g/mol. The minimum absolute atomic E-state index is 0.374. The van der Waals surface area contributed by atoms with Crippen LogP contribution in [0.25, 0.3) is 0 Å². The number of hydrogen-bond donors (Lipinski definition) is 1. The van der Waals surface area contributed by atoms with Crippen LogP contribution in [-0.2, 0) is 0 Å². The molecule has 1 aliphatic rings. The van der Waals surface area contributed by atoms with E-state index in [9.17, 15) is 0 Å². The highest BCUT2D eigenvalue weighted by Crippen LogP contribution is 2.29. The zero-order chi connectivity index (χ0) is 7.07. The lowest BCUT2D eigenvalue weighted by Crippen LogP contribution is -2.36. The molecule has 0 aromatic heterocycles. The van der Waals surface area contributed by atoms with Gasteiger partial charge in [-0.25, -0.2) is 0 Å². The summed E-state index contributed by atoms with van der Waals surface area (Å²) in [5.41, 5.74) is 0.374. The quantitative estimate of drug-likeness (QED) is 0.521. The molecule has 0 aromatic rings. The molecule has 0 saturated carbocycles. The van der Waals surface area contributed by atoms with E-state index in [1.165, 1.54) is 6.54 Å². The van der Waals surface area contributed by atoms with E-state index in [4.69, 9.17) is 0 Å². The van der Waals surface area contributed by atoms with Gasteiger partial charge in [0.1, 0.15) is 0 Å². The summed E-state index contributed by atoms with van der Waals surface area (Å²) < 4.78 is 0. The first-order valence-electron chi connectivity index (χ1n) is 3.79. The zero-order valence-corrected chi connectivity index (χ0v) is 6.86. The Labute approximate surface area is 57.8 Å². The molecular formula is C8H17N. The fraction of sp³-hybridized carbons (Fsp3) is 1.00. The first-order chi connectivity index (χ1) is 4.04. The van der Waals surface area contributed by atoms with Crippen molar-refractivity contribution >= 4 is 0 Å². The summed E-state index contributed by atoms with van der Waals surface area (Å²) in [6, 6.07) is 0. The van der Waals surface area contributed by atoms with Crippen LogP contribution >= 0.6 is 0 Å². The summed E-state index contributed by atoms with van der Waals surface area (Å²) in [5, 5.41) is 3.50. The third-order valence-electron chi connectivity index (χ3n) is 2.87. The fourth-order valence-corrected chi connectivity index (χ4v) is 1.47. The lowest BCUT2D eigenvalue weighted by atomic mass is 9.85. The van der Waals surface area contributed by atoms with E-state index in [-0.39, 0.29) is 0 Å². The Morgan fingerprint density at radius 1 is 1.33 bits per heavy atom. The van der Waals surface area contributed by atoms with Crippen LogP contribution in [0.1, 0.15) is 27.7 Å². The van der Waals surface area contributed by atoms with Gasteiger partial charge in [0.2, 0.25) is 0 Å². The predicted molar refractivity (Wildman–Crippen MR) is 40.4 cm³/mol. The second kappa shape index (κ2) is 1.98. The first-order valence-corrected chi connectivity index (χ1v) is 3.79. The van der Waals surface area contributed by atoms with Gasteiger partial charge in [-0.3, -0.25) is 0 Å². The van der Waals surface area contributed by atoms with Crippen molar-refractivity contribution in [2.45, 2.75) is 33.2 Å². The monoisotopic (exact) mass is 127 g/mol. The lowest BCUT2D eigenvalue weighted by molar-refractivity contribution is 0.322. The number of hydrogen-bond acceptors (Lipinski definition) is 1. The molecule has 0 radical (unpaired) electrons. The topological polar surface area (TPSA) is 12.0 Å². The second-order valence-electron chi connectivity index (χ2n) is 3.87. The van der Waals surface area contributed by atoms with E-state index < -0.39 is 0 Å². The molecule has 0 aliphatic carbocycles. The zero-order valence-electron chi connectivity index (χ0n) is 6.86. The Morgan fingerprint density at radius 3 is 2.00 bits per heavy atom. The molecule has 1 nitrogen and oxygen atoms in total. The van der Waals surface area contributed by atoms with E-state index >= 15 is 0 Å². The van der Waals surface area contributed by atoms with Gasteiger partial charge in [-0.15, -0.1) is 0 Å². The Hall–Kier alpha value is -0.0400. The van der Waals surface area contributed by atoms with Crippen LogP contribution in [0.5, 0.6) is 0 Å². The first kappa shape index (κ1) is 7.07. The van der Waals surface area contributed by atoms with Gasteiger partial charge in [0.25, 0.3) is 0 Å². The molecule has 9 heavy (non-hydrogen) atoms. The van der Waals surface area contributed by atoms with Crippen LogP contribution in [0, 0.1) is 11.8 Å². The van der Waals surface area contributed by atoms with Crippen LogP contribution in [0.3, 0.4) is 0 Å². The Bertz CT molecular complexity index is 107. The van der Waals surface area contributed by atoms with Crippen LogP contribution < -0.4 is 5.32 Å². The molecule has 0 spiro atoms. The summed E-state index contributed by atoms with van der Waals surface area (Å²) in [7, 11) is 0. The molecule has 2 unspecified atom stereocenters. The van der Waals surface area contributed by atoms with Crippen LogP contribution in [0.15, 0.2) is 0 Å². The van der Waals surface area contributed by atoms with Crippen molar-refractivity contribution in [1.29, 1.82) is 0 Å². The predicted octanol–water partition coefficient (Wildman–Crippen LogP) is 1.64. The van der Waals surface area contributed by atoms with Crippen LogP contribution in [0.2, 0.25) is 0 Å². The maximum absolute atomic E-state index is 3.50. The maximum Gasteiger partial charge on any atom is 0.0153 e. The van der Waals surface area contributed by atoms with Crippen molar-refractivity contribution < 1.29 is 0 Å². The van der Waals surface area contributed by atoms with Gasteiger partial charge in [-0.2, -0.15) is 0 Å². The highest BCUT2D eigenvalue weighted by Gasteiger charge is 2.35.